The normalized spacial score (nSPS) is 10.7. The molecule has 0 saturated heterocycles. The Morgan fingerprint density at radius 2 is 2.04 bits per heavy atom. The van der Waals surface area contributed by atoms with E-state index in [4.69, 9.17) is 4.42 Å². The molecule has 0 unspecified atom stereocenters. The standard InChI is InChI=1S/C16H19N7O2/c1-10-18-19-13(25-10)9-23(4)15(24)12-7-5-6-11(8-12)14-17-16(21-20-14)22(2)3/h5-8H,9H2,1-4H3,(H,17,20,21). The zero-order valence-electron chi connectivity index (χ0n) is 14.5. The molecular formula is C16H19N7O2. The number of amides is 1. The molecule has 0 aliphatic heterocycles. The third kappa shape index (κ3) is 3.65. The highest BCUT2D eigenvalue weighted by molar-refractivity contribution is 5.95. The van der Waals surface area contributed by atoms with Crippen molar-refractivity contribution in [1.82, 2.24) is 30.3 Å². The van der Waals surface area contributed by atoms with Crippen molar-refractivity contribution in [3.8, 4) is 11.4 Å². The summed E-state index contributed by atoms with van der Waals surface area (Å²) in [4.78, 5) is 20.4. The van der Waals surface area contributed by atoms with Crippen molar-refractivity contribution in [3.05, 3.63) is 41.6 Å². The first-order valence-electron chi connectivity index (χ1n) is 7.68. The molecule has 3 rings (SSSR count). The number of anilines is 1. The zero-order chi connectivity index (χ0) is 18.0. The van der Waals surface area contributed by atoms with Gasteiger partial charge in [0.15, 0.2) is 5.82 Å². The fourth-order valence-electron chi connectivity index (χ4n) is 2.28. The van der Waals surface area contributed by atoms with E-state index in [0.29, 0.717) is 29.1 Å². The number of nitrogens with zero attached hydrogens (tertiary/aromatic N) is 6. The lowest BCUT2D eigenvalue weighted by Crippen LogP contribution is -2.26. The molecule has 0 bridgehead atoms. The first-order chi connectivity index (χ1) is 11.9. The van der Waals surface area contributed by atoms with E-state index in [1.54, 1.807) is 31.0 Å². The number of rotatable bonds is 5. The van der Waals surface area contributed by atoms with Crippen LogP contribution in [0.25, 0.3) is 11.4 Å². The average Bonchev–Trinajstić information content (AvgIpc) is 3.23. The topological polar surface area (TPSA) is 104 Å². The molecule has 0 aliphatic carbocycles. The third-order valence-corrected chi connectivity index (χ3v) is 3.54. The predicted octanol–water partition coefficient (Wildman–Crippen LogP) is 1.50. The van der Waals surface area contributed by atoms with E-state index in [2.05, 4.69) is 25.4 Å². The Kier molecular flexibility index (Phi) is 4.46. The number of aromatic amines is 1. The molecule has 25 heavy (non-hydrogen) atoms. The van der Waals surface area contributed by atoms with E-state index in [-0.39, 0.29) is 12.5 Å². The molecule has 9 nitrogen and oxygen atoms in total. The number of hydrogen-bond acceptors (Lipinski definition) is 7. The molecule has 0 fully saturated rings. The summed E-state index contributed by atoms with van der Waals surface area (Å²) in [6.45, 7) is 1.96. The van der Waals surface area contributed by atoms with Crippen molar-refractivity contribution in [1.29, 1.82) is 0 Å². The minimum absolute atomic E-state index is 0.148. The number of carbonyl (C=O) groups is 1. The summed E-state index contributed by atoms with van der Waals surface area (Å²) in [6, 6.07) is 7.21. The van der Waals surface area contributed by atoms with Gasteiger partial charge in [-0.3, -0.25) is 9.89 Å². The summed E-state index contributed by atoms with van der Waals surface area (Å²) >= 11 is 0. The molecule has 130 valence electrons. The highest BCUT2D eigenvalue weighted by Crippen LogP contribution is 2.19. The van der Waals surface area contributed by atoms with Gasteiger partial charge in [-0.05, 0) is 12.1 Å². The Balaban J connectivity index is 1.78. The predicted molar refractivity (Wildman–Crippen MR) is 91.0 cm³/mol. The monoisotopic (exact) mass is 341 g/mol. The summed E-state index contributed by atoms with van der Waals surface area (Å²) in [5.41, 5.74) is 1.33. The van der Waals surface area contributed by atoms with E-state index in [0.717, 1.165) is 5.56 Å². The Hall–Kier alpha value is -3.23. The molecule has 1 aromatic carbocycles. The van der Waals surface area contributed by atoms with Crippen LogP contribution < -0.4 is 4.90 Å². The molecule has 0 spiro atoms. The molecule has 0 aliphatic rings. The minimum Gasteiger partial charge on any atom is -0.424 e. The number of aryl methyl sites for hydroxylation is 1. The van der Waals surface area contributed by atoms with Gasteiger partial charge in [0.05, 0.1) is 6.54 Å². The number of carbonyl (C=O) groups excluding carboxylic acids is 1. The van der Waals surface area contributed by atoms with Crippen molar-refractivity contribution in [2.24, 2.45) is 0 Å². The summed E-state index contributed by atoms with van der Waals surface area (Å²) in [6.07, 6.45) is 0. The number of hydrogen-bond donors (Lipinski definition) is 1. The highest BCUT2D eigenvalue weighted by Gasteiger charge is 2.16. The van der Waals surface area contributed by atoms with Gasteiger partial charge in [-0.1, -0.05) is 12.1 Å². The van der Waals surface area contributed by atoms with Crippen molar-refractivity contribution in [2.75, 3.05) is 26.0 Å². The lowest BCUT2D eigenvalue weighted by Gasteiger charge is -2.15. The number of nitrogens with one attached hydrogen (secondary N) is 1. The molecule has 2 heterocycles. The number of aromatic nitrogens is 5. The maximum absolute atomic E-state index is 12.6. The van der Waals surface area contributed by atoms with Gasteiger partial charge in [0, 0.05) is 39.2 Å². The van der Waals surface area contributed by atoms with Gasteiger partial charge in [-0.25, -0.2) is 0 Å². The quantitative estimate of drug-likeness (QED) is 0.750. The third-order valence-electron chi connectivity index (χ3n) is 3.54. The van der Waals surface area contributed by atoms with Crippen molar-refractivity contribution >= 4 is 11.9 Å². The van der Waals surface area contributed by atoms with Crippen LogP contribution in [0.15, 0.2) is 28.7 Å². The van der Waals surface area contributed by atoms with Crippen LogP contribution in [0.1, 0.15) is 22.1 Å². The van der Waals surface area contributed by atoms with Crippen molar-refractivity contribution in [3.63, 3.8) is 0 Å². The summed E-state index contributed by atoms with van der Waals surface area (Å²) in [7, 11) is 5.41. The first kappa shape index (κ1) is 16.6. The molecule has 2 aromatic heterocycles. The molecule has 3 aromatic rings. The second-order valence-corrected chi connectivity index (χ2v) is 5.84. The SMILES string of the molecule is Cc1nnc(CN(C)C(=O)c2cccc(-c3nc(N(C)C)n[nH]3)c2)o1. The Bertz CT molecular complexity index is 884. The minimum atomic E-state index is -0.148. The number of H-pyrrole nitrogens is 1. The molecule has 9 heteroatoms. The van der Waals surface area contributed by atoms with Gasteiger partial charge in [0.25, 0.3) is 5.91 Å². The van der Waals surface area contributed by atoms with Crippen LogP contribution in [0.4, 0.5) is 5.95 Å². The highest BCUT2D eigenvalue weighted by atomic mass is 16.4. The lowest BCUT2D eigenvalue weighted by molar-refractivity contribution is 0.0772. The van der Waals surface area contributed by atoms with Crippen molar-refractivity contribution in [2.45, 2.75) is 13.5 Å². The van der Waals surface area contributed by atoms with E-state index >= 15 is 0 Å². The van der Waals surface area contributed by atoms with Gasteiger partial charge in [0.1, 0.15) is 0 Å². The van der Waals surface area contributed by atoms with Crippen molar-refractivity contribution < 1.29 is 9.21 Å². The Morgan fingerprint density at radius 3 is 2.68 bits per heavy atom. The van der Waals surface area contributed by atoms with Gasteiger partial charge in [-0.15, -0.1) is 15.3 Å². The largest absolute Gasteiger partial charge is 0.424 e. The fraction of sp³-hybridized carbons (Fsp3) is 0.312. The van der Waals surface area contributed by atoms with Gasteiger partial charge >= 0.3 is 0 Å². The molecule has 1 N–H and O–H groups in total. The van der Waals surface area contributed by atoms with Crippen LogP contribution in [-0.2, 0) is 6.54 Å². The summed E-state index contributed by atoms with van der Waals surface area (Å²) in [5, 5.41) is 14.7. The average molecular weight is 341 g/mol. The van der Waals surface area contributed by atoms with E-state index in [9.17, 15) is 4.79 Å². The zero-order valence-corrected chi connectivity index (χ0v) is 14.5. The maximum atomic E-state index is 12.6. The van der Waals surface area contributed by atoms with E-state index in [1.807, 2.05) is 26.2 Å². The smallest absolute Gasteiger partial charge is 0.254 e. The second-order valence-electron chi connectivity index (χ2n) is 5.84. The molecule has 0 saturated carbocycles. The fourth-order valence-corrected chi connectivity index (χ4v) is 2.28. The van der Waals surface area contributed by atoms with Crippen LogP contribution in [0, 0.1) is 6.92 Å². The second kappa shape index (κ2) is 6.71. The van der Waals surface area contributed by atoms with Gasteiger partial charge < -0.3 is 14.2 Å². The summed E-state index contributed by atoms with van der Waals surface area (Å²) in [5.74, 6) is 1.91. The van der Waals surface area contributed by atoms with Gasteiger partial charge in [0.2, 0.25) is 17.7 Å². The summed E-state index contributed by atoms with van der Waals surface area (Å²) < 4.78 is 5.31. The van der Waals surface area contributed by atoms with Crippen LogP contribution >= 0.6 is 0 Å². The van der Waals surface area contributed by atoms with Gasteiger partial charge in [-0.2, -0.15) is 4.98 Å². The van der Waals surface area contributed by atoms with Crippen LogP contribution in [0.5, 0.6) is 0 Å². The first-order valence-corrected chi connectivity index (χ1v) is 7.68. The molecule has 0 radical (unpaired) electrons. The maximum Gasteiger partial charge on any atom is 0.254 e. The van der Waals surface area contributed by atoms with E-state index in [1.165, 1.54) is 4.90 Å². The van der Waals surface area contributed by atoms with E-state index < -0.39 is 0 Å². The Morgan fingerprint density at radius 1 is 1.24 bits per heavy atom. The van der Waals surface area contributed by atoms with Crippen LogP contribution in [0.3, 0.4) is 0 Å². The molecular weight excluding hydrogens is 322 g/mol. The van der Waals surface area contributed by atoms with Crippen LogP contribution in [-0.4, -0.2) is 57.3 Å². The molecule has 1 amide bonds. The Labute approximate surface area is 144 Å². The van der Waals surface area contributed by atoms with Crippen LogP contribution in [0.2, 0.25) is 0 Å². The molecule has 0 atom stereocenters. The lowest BCUT2D eigenvalue weighted by atomic mass is 10.1. The number of benzene rings is 1.